The highest BCUT2D eigenvalue weighted by atomic mass is 19.4. The number of nitrogens with one attached hydrogen (secondary N) is 2. The molecular weight excluding hydrogens is 526 g/mol. The van der Waals surface area contributed by atoms with Gasteiger partial charge in [0.15, 0.2) is 5.65 Å². The zero-order chi connectivity index (χ0) is 28.6. The predicted octanol–water partition coefficient (Wildman–Crippen LogP) is 4.68. The van der Waals surface area contributed by atoms with Gasteiger partial charge in [0.05, 0.1) is 11.3 Å². The molecule has 13 heteroatoms. The number of hydrogen-bond acceptors (Lipinski definition) is 8. The van der Waals surface area contributed by atoms with Crippen LogP contribution in [0.3, 0.4) is 0 Å². The van der Waals surface area contributed by atoms with E-state index in [9.17, 15) is 17.6 Å². The maximum absolute atomic E-state index is 14.3. The van der Waals surface area contributed by atoms with E-state index in [2.05, 4.69) is 39.1 Å². The lowest BCUT2D eigenvalue weighted by molar-refractivity contribution is -0.137. The zero-order valence-electron chi connectivity index (χ0n) is 23.2. The van der Waals surface area contributed by atoms with E-state index in [0.717, 1.165) is 53.3 Å². The number of halogens is 4. The van der Waals surface area contributed by atoms with Crippen LogP contribution in [0, 0.1) is 18.7 Å². The first-order valence-corrected chi connectivity index (χ1v) is 13.6. The number of pyridine rings is 1. The number of nitrogens with zero attached hydrogens (tertiary/aromatic N) is 7. The quantitative estimate of drug-likeness (QED) is 0.387. The first-order chi connectivity index (χ1) is 19.0. The number of benzene rings is 1. The Morgan fingerprint density at radius 2 is 1.80 bits per heavy atom. The number of anilines is 1. The summed E-state index contributed by atoms with van der Waals surface area (Å²) in [4.78, 5) is 9.14. The van der Waals surface area contributed by atoms with Gasteiger partial charge >= 0.3 is 6.18 Å². The fourth-order valence-corrected chi connectivity index (χ4v) is 5.64. The van der Waals surface area contributed by atoms with E-state index in [0.29, 0.717) is 17.9 Å². The Morgan fingerprint density at radius 1 is 1.05 bits per heavy atom. The van der Waals surface area contributed by atoms with Crippen molar-refractivity contribution in [2.45, 2.75) is 58.8 Å². The fraction of sp³-hybridized carbons (Fsp3) is 0.519. The molecule has 0 radical (unpaired) electrons. The zero-order valence-corrected chi connectivity index (χ0v) is 23.2. The highest BCUT2D eigenvalue weighted by Gasteiger charge is 2.32. The van der Waals surface area contributed by atoms with Gasteiger partial charge in [-0.25, -0.2) is 14.5 Å². The maximum Gasteiger partial charge on any atom is 0.416 e. The molecule has 3 aromatic rings. The fourth-order valence-electron chi connectivity index (χ4n) is 5.64. The minimum absolute atomic E-state index is 0.0135. The topological polar surface area (TPSA) is 76.9 Å². The van der Waals surface area contributed by atoms with Crippen molar-refractivity contribution in [3.63, 3.8) is 0 Å². The number of fused-ring (bicyclic) bond motifs is 1. The molecule has 1 aliphatic carbocycles. The van der Waals surface area contributed by atoms with Crippen molar-refractivity contribution in [1.82, 2.24) is 35.7 Å². The Balaban J connectivity index is 1.56. The number of hydrazine groups is 2. The van der Waals surface area contributed by atoms with Crippen LogP contribution in [0.2, 0.25) is 0 Å². The van der Waals surface area contributed by atoms with Crippen LogP contribution in [0.5, 0.6) is 0 Å². The first-order valence-electron chi connectivity index (χ1n) is 13.6. The summed E-state index contributed by atoms with van der Waals surface area (Å²) in [7, 11) is 3.56. The van der Waals surface area contributed by atoms with Crippen LogP contribution in [0.4, 0.5) is 23.4 Å². The lowest BCUT2D eigenvalue weighted by Gasteiger charge is -2.30. The molecule has 3 heterocycles. The van der Waals surface area contributed by atoms with Crippen LogP contribution >= 0.6 is 0 Å². The van der Waals surface area contributed by atoms with Gasteiger partial charge in [0.2, 0.25) is 5.96 Å². The minimum Gasteiger partial charge on any atom is -0.356 e. The Labute approximate surface area is 230 Å². The number of aryl methyl sites for hydroxylation is 2. The molecule has 2 aliphatic rings. The molecule has 0 saturated heterocycles. The molecule has 1 saturated carbocycles. The third kappa shape index (κ3) is 5.93. The van der Waals surface area contributed by atoms with Gasteiger partial charge in [0.25, 0.3) is 0 Å². The molecule has 9 nitrogen and oxygen atoms in total. The number of aromatic nitrogens is 3. The SMILES string of the molecule is CCN(CC1CCCC1)c1nc2c(cc1CN(Cc1cc(F)cc(C(F)(F)F)c1)C1=NN(C)NN1)c(C)nn2C. The third-order valence-corrected chi connectivity index (χ3v) is 7.58. The average molecular weight is 562 g/mol. The molecule has 5 rings (SSSR count). The summed E-state index contributed by atoms with van der Waals surface area (Å²) in [5.41, 5.74) is 7.46. The van der Waals surface area contributed by atoms with Crippen LogP contribution in [-0.2, 0) is 26.3 Å². The van der Waals surface area contributed by atoms with E-state index < -0.39 is 17.6 Å². The van der Waals surface area contributed by atoms with Crippen LogP contribution in [-0.4, -0.2) is 50.9 Å². The lowest BCUT2D eigenvalue weighted by Crippen LogP contribution is -2.44. The van der Waals surface area contributed by atoms with Crippen LogP contribution < -0.4 is 15.9 Å². The van der Waals surface area contributed by atoms with E-state index in [1.165, 1.54) is 30.8 Å². The van der Waals surface area contributed by atoms with E-state index in [4.69, 9.17) is 4.98 Å². The van der Waals surface area contributed by atoms with Crippen LogP contribution in [0.25, 0.3) is 11.0 Å². The number of hydrogen-bond donors (Lipinski definition) is 2. The summed E-state index contributed by atoms with van der Waals surface area (Å²) in [6.07, 6.45) is 0.176. The summed E-state index contributed by atoms with van der Waals surface area (Å²) < 4.78 is 56.5. The molecule has 216 valence electrons. The molecule has 2 N–H and O–H groups in total. The van der Waals surface area contributed by atoms with E-state index >= 15 is 0 Å². The molecule has 0 amide bonds. The van der Waals surface area contributed by atoms with Gasteiger partial charge in [-0.05, 0) is 62.4 Å². The molecule has 1 aromatic carbocycles. The highest BCUT2D eigenvalue weighted by Crippen LogP contribution is 2.33. The molecule has 0 unspecified atom stereocenters. The number of guanidine groups is 1. The molecule has 1 fully saturated rings. The first kappa shape index (κ1) is 27.9. The maximum atomic E-state index is 14.3. The Morgan fingerprint density at radius 3 is 2.45 bits per heavy atom. The van der Waals surface area contributed by atoms with Gasteiger partial charge in [-0.3, -0.25) is 10.1 Å². The van der Waals surface area contributed by atoms with Crippen molar-refractivity contribution in [3.8, 4) is 0 Å². The van der Waals surface area contributed by atoms with Gasteiger partial charge in [-0.1, -0.05) is 12.8 Å². The van der Waals surface area contributed by atoms with Crippen molar-refractivity contribution < 1.29 is 17.6 Å². The van der Waals surface area contributed by atoms with Gasteiger partial charge in [0.1, 0.15) is 11.6 Å². The van der Waals surface area contributed by atoms with Crippen LogP contribution in [0.15, 0.2) is 29.4 Å². The number of alkyl halides is 3. The molecule has 0 bridgehead atoms. The van der Waals surface area contributed by atoms with Crippen molar-refractivity contribution in [2.24, 2.45) is 18.1 Å². The summed E-state index contributed by atoms with van der Waals surface area (Å²) >= 11 is 0. The minimum atomic E-state index is -4.66. The molecule has 1 aliphatic heterocycles. The molecule has 2 aromatic heterocycles. The summed E-state index contributed by atoms with van der Waals surface area (Å²) in [5.74, 6) is 0.851. The highest BCUT2D eigenvalue weighted by molar-refractivity contribution is 5.83. The molecular formula is C27H35F4N9. The second kappa shape index (κ2) is 11.1. The lowest BCUT2D eigenvalue weighted by atomic mass is 10.1. The normalized spacial score (nSPS) is 16.1. The Bertz CT molecular complexity index is 1390. The Kier molecular flexibility index (Phi) is 7.76. The van der Waals surface area contributed by atoms with Crippen molar-refractivity contribution in [3.05, 3.63) is 52.5 Å². The second-order valence-corrected chi connectivity index (χ2v) is 10.6. The van der Waals surface area contributed by atoms with E-state index in [-0.39, 0.29) is 18.7 Å². The van der Waals surface area contributed by atoms with Gasteiger partial charge in [-0.15, -0.1) is 10.6 Å². The Hall–Kier alpha value is -3.61. The third-order valence-electron chi connectivity index (χ3n) is 7.58. The summed E-state index contributed by atoms with van der Waals surface area (Å²) in [6.45, 7) is 5.91. The van der Waals surface area contributed by atoms with Crippen molar-refractivity contribution in [2.75, 3.05) is 25.0 Å². The molecule has 0 atom stereocenters. The summed E-state index contributed by atoms with van der Waals surface area (Å²) in [6, 6.07) is 4.68. The number of rotatable bonds is 8. The van der Waals surface area contributed by atoms with Gasteiger partial charge in [-0.2, -0.15) is 18.3 Å². The van der Waals surface area contributed by atoms with Gasteiger partial charge < -0.3 is 9.80 Å². The monoisotopic (exact) mass is 561 g/mol. The van der Waals surface area contributed by atoms with E-state index in [1.54, 1.807) is 16.6 Å². The largest absolute Gasteiger partial charge is 0.416 e. The number of hydrazone groups is 1. The average Bonchev–Trinajstić information content (AvgIpc) is 3.62. The smallest absolute Gasteiger partial charge is 0.356 e. The van der Waals surface area contributed by atoms with Crippen LogP contribution in [0.1, 0.15) is 55.0 Å². The molecule has 40 heavy (non-hydrogen) atoms. The predicted molar refractivity (Wildman–Crippen MR) is 145 cm³/mol. The standard InChI is InChI=1S/C27H35F4N9/c1-5-39(14-18-8-6-7-9-18)24-20(12-23-17(2)34-37(3)25(23)32-24)16-40(26-33-36-38(4)35-26)15-19-10-21(27(29,30)31)13-22(28)11-19/h10-13,18,36H,5-9,14-16H2,1-4H3,(H,33,35). The van der Waals surface area contributed by atoms with E-state index in [1.807, 2.05) is 14.0 Å². The van der Waals surface area contributed by atoms with Gasteiger partial charge in [0, 0.05) is 51.2 Å². The van der Waals surface area contributed by atoms with Crippen molar-refractivity contribution >= 4 is 22.8 Å². The summed E-state index contributed by atoms with van der Waals surface area (Å²) in [5, 5.41) is 11.3. The van der Waals surface area contributed by atoms with Crippen molar-refractivity contribution in [1.29, 1.82) is 0 Å². The second-order valence-electron chi connectivity index (χ2n) is 10.6. The molecule has 0 spiro atoms.